The van der Waals surface area contributed by atoms with Gasteiger partial charge in [0.25, 0.3) is 5.91 Å². The van der Waals surface area contributed by atoms with Gasteiger partial charge in [-0.3, -0.25) is 10.1 Å². The van der Waals surface area contributed by atoms with Crippen LogP contribution in [0.15, 0.2) is 48.5 Å². The van der Waals surface area contributed by atoms with E-state index in [-0.39, 0.29) is 11.9 Å². The highest BCUT2D eigenvalue weighted by Gasteiger charge is 2.30. The van der Waals surface area contributed by atoms with E-state index in [4.69, 9.17) is 0 Å². The fraction of sp³-hybridized carbons (Fsp3) is 0.292. The Morgan fingerprint density at radius 2 is 1.77 bits per heavy atom. The van der Waals surface area contributed by atoms with Crippen molar-refractivity contribution in [3.8, 4) is 0 Å². The number of hydrogen-bond donors (Lipinski definition) is 3. The minimum absolute atomic E-state index is 0.0480. The summed E-state index contributed by atoms with van der Waals surface area (Å²) in [4.78, 5) is 32.4. The SMILES string of the molecule is CC(C)NC(=O)c1ccccc1NC(=O)Nc1nc2c(s1)CN(c1ccc(C(F)(F)F)cc1)CC2. The monoisotopic (exact) mass is 503 g/mol. The second-order valence-corrected chi connectivity index (χ2v) is 9.44. The van der Waals surface area contributed by atoms with E-state index in [9.17, 15) is 22.8 Å². The van der Waals surface area contributed by atoms with E-state index in [1.807, 2.05) is 18.7 Å². The van der Waals surface area contributed by atoms with Crippen LogP contribution in [0.2, 0.25) is 0 Å². The summed E-state index contributed by atoms with van der Waals surface area (Å²) >= 11 is 1.31. The molecule has 0 unspecified atom stereocenters. The van der Waals surface area contributed by atoms with Crippen molar-refractivity contribution < 1.29 is 22.8 Å². The maximum Gasteiger partial charge on any atom is 0.416 e. The van der Waals surface area contributed by atoms with Crippen molar-refractivity contribution in [3.63, 3.8) is 0 Å². The van der Waals surface area contributed by atoms with E-state index in [1.165, 1.54) is 23.5 Å². The summed E-state index contributed by atoms with van der Waals surface area (Å²) in [6, 6.07) is 11.2. The Balaban J connectivity index is 1.41. The molecule has 1 aliphatic rings. The molecule has 184 valence electrons. The molecule has 1 aromatic heterocycles. The van der Waals surface area contributed by atoms with E-state index in [2.05, 4.69) is 20.9 Å². The number of urea groups is 1. The van der Waals surface area contributed by atoms with Crippen LogP contribution in [0.5, 0.6) is 0 Å². The number of hydrogen-bond acceptors (Lipinski definition) is 5. The number of nitrogens with zero attached hydrogens (tertiary/aromatic N) is 2. The Bertz CT molecular complexity index is 1220. The number of benzene rings is 2. The molecule has 0 saturated heterocycles. The number of halogens is 3. The molecule has 0 bridgehead atoms. The van der Waals surface area contributed by atoms with Gasteiger partial charge in [-0.1, -0.05) is 23.5 Å². The normalized spacial score (nSPS) is 13.4. The van der Waals surface area contributed by atoms with Crippen LogP contribution in [0, 0.1) is 0 Å². The highest BCUT2D eigenvalue weighted by Crippen LogP contribution is 2.33. The van der Waals surface area contributed by atoms with Crippen LogP contribution in [0.3, 0.4) is 0 Å². The molecule has 35 heavy (non-hydrogen) atoms. The van der Waals surface area contributed by atoms with Crippen LogP contribution in [0.25, 0.3) is 0 Å². The van der Waals surface area contributed by atoms with Gasteiger partial charge in [0, 0.05) is 29.6 Å². The molecule has 11 heteroatoms. The van der Waals surface area contributed by atoms with Crippen LogP contribution in [-0.2, 0) is 19.1 Å². The molecule has 2 aromatic carbocycles. The Morgan fingerprint density at radius 3 is 2.46 bits per heavy atom. The third kappa shape index (κ3) is 5.91. The molecular weight excluding hydrogens is 479 g/mol. The predicted octanol–water partition coefficient (Wildman–Crippen LogP) is 5.51. The number of aromatic nitrogens is 1. The zero-order chi connectivity index (χ0) is 25.2. The van der Waals surface area contributed by atoms with Gasteiger partial charge in [0.15, 0.2) is 5.13 Å². The van der Waals surface area contributed by atoms with Gasteiger partial charge in [0.1, 0.15) is 0 Å². The molecule has 1 aliphatic heterocycles. The van der Waals surface area contributed by atoms with Crippen LogP contribution in [0.1, 0.15) is 40.3 Å². The van der Waals surface area contributed by atoms with Crippen molar-refractivity contribution in [1.29, 1.82) is 0 Å². The van der Waals surface area contributed by atoms with Gasteiger partial charge in [0.05, 0.1) is 29.1 Å². The molecule has 2 heterocycles. The molecule has 0 atom stereocenters. The van der Waals surface area contributed by atoms with Gasteiger partial charge in [-0.2, -0.15) is 13.2 Å². The van der Waals surface area contributed by atoms with E-state index < -0.39 is 17.8 Å². The summed E-state index contributed by atoms with van der Waals surface area (Å²) < 4.78 is 38.5. The summed E-state index contributed by atoms with van der Waals surface area (Å²) in [6.45, 7) is 4.79. The summed E-state index contributed by atoms with van der Waals surface area (Å²) in [6.07, 6.45) is -3.76. The first kappa shape index (κ1) is 24.5. The molecular formula is C24H24F3N5O2S. The number of nitrogens with one attached hydrogen (secondary N) is 3. The van der Waals surface area contributed by atoms with Crippen molar-refractivity contribution in [1.82, 2.24) is 10.3 Å². The smallest absolute Gasteiger partial charge is 0.366 e. The number of carbonyl (C=O) groups excluding carboxylic acids is 2. The van der Waals surface area contributed by atoms with Crippen molar-refractivity contribution in [2.75, 3.05) is 22.1 Å². The van der Waals surface area contributed by atoms with Gasteiger partial charge in [-0.25, -0.2) is 9.78 Å². The van der Waals surface area contributed by atoms with Gasteiger partial charge in [0.2, 0.25) is 0 Å². The summed E-state index contributed by atoms with van der Waals surface area (Å²) in [7, 11) is 0. The van der Waals surface area contributed by atoms with E-state index in [0.717, 1.165) is 22.7 Å². The fourth-order valence-electron chi connectivity index (χ4n) is 3.71. The quantitative estimate of drug-likeness (QED) is 0.429. The highest BCUT2D eigenvalue weighted by molar-refractivity contribution is 7.15. The number of carbonyl (C=O) groups is 2. The van der Waals surface area contributed by atoms with Crippen LogP contribution in [-0.4, -0.2) is 29.5 Å². The summed E-state index contributed by atoms with van der Waals surface area (Å²) in [5, 5.41) is 8.62. The molecule has 3 N–H and O–H groups in total. The number of thiazole rings is 1. The van der Waals surface area contributed by atoms with Gasteiger partial charge >= 0.3 is 12.2 Å². The van der Waals surface area contributed by atoms with Gasteiger partial charge < -0.3 is 15.5 Å². The molecule has 3 amide bonds. The summed E-state index contributed by atoms with van der Waals surface area (Å²) in [5.74, 6) is -0.288. The lowest BCUT2D eigenvalue weighted by Gasteiger charge is -2.28. The maximum absolute atomic E-state index is 12.8. The lowest BCUT2D eigenvalue weighted by molar-refractivity contribution is -0.137. The van der Waals surface area contributed by atoms with E-state index in [1.54, 1.807) is 24.3 Å². The standard InChI is InChI=1S/C24H24F3N5O2S/c1-14(2)28-21(33)17-5-3-4-6-18(17)29-22(34)31-23-30-19-11-12-32(13-20(19)35-23)16-9-7-15(8-10-16)24(25,26)27/h3-10,14H,11-13H2,1-2H3,(H,28,33)(H2,29,30,31,34). The molecule has 7 nitrogen and oxygen atoms in total. The Labute approximate surface area is 204 Å². The average Bonchev–Trinajstić information content (AvgIpc) is 3.19. The number of alkyl halides is 3. The Kier molecular flexibility index (Phi) is 6.97. The molecule has 0 fully saturated rings. The molecule has 0 spiro atoms. The zero-order valence-electron chi connectivity index (χ0n) is 19.1. The number of fused-ring (bicyclic) bond motifs is 1. The van der Waals surface area contributed by atoms with Crippen LogP contribution < -0.4 is 20.9 Å². The second-order valence-electron chi connectivity index (χ2n) is 8.36. The van der Waals surface area contributed by atoms with E-state index >= 15 is 0 Å². The Morgan fingerprint density at radius 1 is 1.06 bits per heavy atom. The van der Waals surface area contributed by atoms with Crippen molar-refractivity contribution in [2.45, 2.75) is 39.0 Å². The number of para-hydroxylation sites is 1. The molecule has 4 rings (SSSR count). The van der Waals surface area contributed by atoms with Gasteiger partial charge in [-0.15, -0.1) is 0 Å². The largest absolute Gasteiger partial charge is 0.416 e. The number of amides is 3. The van der Waals surface area contributed by atoms with Crippen molar-refractivity contribution in [2.24, 2.45) is 0 Å². The van der Waals surface area contributed by atoms with Crippen molar-refractivity contribution >= 4 is 39.8 Å². The fourth-order valence-corrected chi connectivity index (χ4v) is 4.73. The van der Waals surface area contributed by atoms with Gasteiger partial charge in [-0.05, 0) is 50.2 Å². The molecule has 0 radical (unpaired) electrons. The lowest BCUT2D eigenvalue weighted by Crippen LogP contribution is -2.31. The third-order valence-corrected chi connectivity index (χ3v) is 6.35. The van der Waals surface area contributed by atoms with Crippen molar-refractivity contribution in [3.05, 3.63) is 70.2 Å². The minimum Gasteiger partial charge on any atom is -0.366 e. The number of rotatable bonds is 5. The highest BCUT2D eigenvalue weighted by atomic mass is 32.1. The average molecular weight is 504 g/mol. The van der Waals surface area contributed by atoms with Crippen LogP contribution >= 0.6 is 11.3 Å². The maximum atomic E-state index is 12.8. The van der Waals surface area contributed by atoms with E-state index in [0.29, 0.717) is 41.6 Å². The second kappa shape index (κ2) is 9.95. The zero-order valence-corrected chi connectivity index (χ0v) is 19.9. The predicted molar refractivity (Wildman–Crippen MR) is 130 cm³/mol. The first-order chi connectivity index (χ1) is 16.6. The lowest BCUT2D eigenvalue weighted by atomic mass is 10.1. The third-order valence-electron chi connectivity index (χ3n) is 5.35. The molecule has 0 aliphatic carbocycles. The topological polar surface area (TPSA) is 86.4 Å². The minimum atomic E-state index is -4.37. The Hall–Kier alpha value is -3.60. The summed E-state index contributed by atoms with van der Waals surface area (Å²) in [5.41, 5.74) is 1.59. The van der Waals surface area contributed by atoms with Crippen LogP contribution in [0.4, 0.5) is 34.5 Å². The first-order valence-electron chi connectivity index (χ1n) is 11.0. The molecule has 0 saturated carbocycles. The first-order valence-corrected chi connectivity index (χ1v) is 11.8. The molecule has 3 aromatic rings. The number of anilines is 3.